The van der Waals surface area contributed by atoms with Gasteiger partial charge in [0.25, 0.3) is 0 Å². The number of aromatic nitrogens is 3. The van der Waals surface area contributed by atoms with Gasteiger partial charge in [0.2, 0.25) is 11.0 Å². The predicted octanol–water partition coefficient (Wildman–Crippen LogP) is 5.56. The van der Waals surface area contributed by atoms with Crippen LogP contribution in [0, 0.1) is 13.8 Å². The van der Waals surface area contributed by atoms with Gasteiger partial charge in [-0.1, -0.05) is 49.1 Å². The maximum atomic E-state index is 13.0. The van der Waals surface area contributed by atoms with Crippen molar-refractivity contribution in [1.29, 1.82) is 0 Å². The molecule has 0 saturated heterocycles. The van der Waals surface area contributed by atoms with Crippen molar-refractivity contribution in [2.75, 3.05) is 10.7 Å². The van der Waals surface area contributed by atoms with E-state index in [1.807, 2.05) is 19.9 Å². The minimum Gasteiger partial charge on any atom is -0.318 e. The molecule has 1 aliphatic rings. The molecule has 1 aromatic carbocycles. The molecule has 1 fully saturated rings. The Morgan fingerprint density at radius 3 is 2.47 bits per heavy atom. The average Bonchev–Trinajstić information content (AvgIpc) is 3.38. The van der Waals surface area contributed by atoms with Gasteiger partial charge in [-0.3, -0.25) is 14.5 Å². The molecule has 4 rings (SSSR count). The molecule has 0 aliphatic heterocycles. The molecular formula is C24H28N4O2S2. The van der Waals surface area contributed by atoms with Crippen molar-refractivity contribution in [2.45, 2.75) is 63.8 Å². The van der Waals surface area contributed by atoms with Crippen LogP contribution in [0.25, 0.3) is 5.69 Å². The Morgan fingerprint density at radius 1 is 1.19 bits per heavy atom. The standard InChI is InChI=1S/C24H28N4O2S2/c1-14(2)18-6-8-19(9-7-18)27-15(3)12-21(16(27)4)22(30)13-31-24-26-25-23(32-24)28(17(5)29)20-10-11-20/h6-9,12,14,20H,10-11,13H2,1-5H3. The van der Waals surface area contributed by atoms with Gasteiger partial charge in [0.15, 0.2) is 10.1 Å². The number of thioether (sulfide) groups is 1. The van der Waals surface area contributed by atoms with Gasteiger partial charge >= 0.3 is 0 Å². The fourth-order valence-corrected chi connectivity index (χ4v) is 5.73. The number of hydrogen-bond donors (Lipinski definition) is 0. The van der Waals surface area contributed by atoms with Crippen molar-refractivity contribution < 1.29 is 9.59 Å². The molecule has 2 heterocycles. The maximum absolute atomic E-state index is 13.0. The van der Waals surface area contributed by atoms with Crippen LogP contribution in [0.1, 0.15) is 66.8 Å². The third-order valence-electron chi connectivity index (χ3n) is 5.73. The number of rotatable bonds is 8. The van der Waals surface area contributed by atoms with E-state index in [0.29, 0.717) is 15.4 Å². The Bertz CT molecular complexity index is 1140. The first-order chi connectivity index (χ1) is 15.3. The summed E-state index contributed by atoms with van der Waals surface area (Å²) in [4.78, 5) is 26.7. The van der Waals surface area contributed by atoms with Crippen LogP contribution in [0.2, 0.25) is 0 Å². The molecule has 8 heteroatoms. The summed E-state index contributed by atoms with van der Waals surface area (Å²) in [7, 11) is 0. The van der Waals surface area contributed by atoms with E-state index in [0.717, 1.165) is 35.5 Å². The van der Waals surface area contributed by atoms with E-state index in [2.05, 4.69) is 52.9 Å². The molecule has 0 atom stereocenters. The quantitative estimate of drug-likeness (QED) is 0.246. The van der Waals surface area contributed by atoms with Crippen LogP contribution in [0.4, 0.5) is 5.13 Å². The molecule has 3 aromatic rings. The summed E-state index contributed by atoms with van der Waals surface area (Å²) in [5.41, 5.74) is 5.07. The third kappa shape index (κ3) is 4.66. The number of nitrogens with zero attached hydrogens (tertiary/aromatic N) is 4. The summed E-state index contributed by atoms with van der Waals surface area (Å²) in [6.45, 7) is 9.94. The van der Waals surface area contributed by atoms with Crippen LogP contribution in [-0.4, -0.2) is 38.2 Å². The second-order valence-corrected chi connectivity index (χ2v) is 10.7. The van der Waals surface area contributed by atoms with E-state index in [4.69, 9.17) is 0 Å². The van der Waals surface area contributed by atoms with E-state index in [9.17, 15) is 9.59 Å². The molecule has 6 nitrogen and oxygen atoms in total. The molecule has 0 bridgehead atoms. The van der Waals surface area contributed by atoms with Gasteiger partial charge in [0.05, 0.1) is 5.75 Å². The number of carbonyl (C=O) groups excluding carboxylic acids is 2. The molecule has 1 aliphatic carbocycles. The van der Waals surface area contributed by atoms with Gasteiger partial charge in [0, 0.05) is 35.6 Å². The highest BCUT2D eigenvalue weighted by Gasteiger charge is 2.34. The lowest BCUT2D eigenvalue weighted by molar-refractivity contribution is -0.116. The predicted molar refractivity (Wildman–Crippen MR) is 130 cm³/mol. The summed E-state index contributed by atoms with van der Waals surface area (Å²) >= 11 is 2.75. The van der Waals surface area contributed by atoms with Crippen LogP contribution in [0.3, 0.4) is 0 Å². The molecule has 0 radical (unpaired) electrons. The zero-order valence-corrected chi connectivity index (χ0v) is 20.7. The molecule has 0 N–H and O–H groups in total. The lowest BCUT2D eigenvalue weighted by Gasteiger charge is -2.15. The summed E-state index contributed by atoms with van der Waals surface area (Å²) in [5.74, 6) is 0.827. The topological polar surface area (TPSA) is 68.1 Å². The van der Waals surface area contributed by atoms with Gasteiger partial charge in [-0.15, -0.1) is 10.2 Å². The zero-order chi connectivity index (χ0) is 23.0. The number of amides is 1. The van der Waals surface area contributed by atoms with Crippen LogP contribution in [-0.2, 0) is 4.79 Å². The number of ketones is 1. The summed E-state index contributed by atoms with van der Waals surface area (Å²) in [5, 5.41) is 9.00. The lowest BCUT2D eigenvalue weighted by atomic mass is 10.0. The van der Waals surface area contributed by atoms with Gasteiger partial charge < -0.3 is 4.57 Å². The molecule has 32 heavy (non-hydrogen) atoms. The Hall–Kier alpha value is -2.45. The minimum absolute atomic E-state index is 0.00913. The summed E-state index contributed by atoms with van der Waals surface area (Å²) in [6, 6.07) is 10.7. The summed E-state index contributed by atoms with van der Waals surface area (Å²) < 4.78 is 2.84. The largest absolute Gasteiger partial charge is 0.318 e. The molecule has 1 amide bonds. The zero-order valence-electron chi connectivity index (χ0n) is 19.1. The number of anilines is 1. The Morgan fingerprint density at radius 2 is 1.88 bits per heavy atom. The number of benzene rings is 1. The van der Waals surface area contributed by atoms with Gasteiger partial charge in [-0.2, -0.15) is 0 Å². The smallest absolute Gasteiger partial charge is 0.225 e. The minimum atomic E-state index is -0.00913. The van der Waals surface area contributed by atoms with Crippen LogP contribution >= 0.6 is 23.1 Å². The van der Waals surface area contributed by atoms with Crippen LogP contribution in [0.15, 0.2) is 34.7 Å². The fourth-order valence-electron chi connectivity index (χ4n) is 3.89. The van der Waals surface area contributed by atoms with Gasteiger partial charge in [0.1, 0.15) is 0 Å². The Balaban J connectivity index is 1.46. The highest BCUT2D eigenvalue weighted by atomic mass is 32.2. The highest BCUT2D eigenvalue weighted by Crippen LogP contribution is 2.36. The SMILES string of the molecule is CC(=O)N(c1nnc(SCC(=O)c2cc(C)n(-c3ccc(C(C)C)cc3)c2C)s1)C1CC1. The van der Waals surface area contributed by atoms with E-state index in [1.54, 1.807) is 11.8 Å². The Labute approximate surface area is 197 Å². The average molecular weight is 469 g/mol. The van der Waals surface area contributed by atoms with Crippen molar-refractivity contribution in [3.05, 3.63) is 52.8 Å². The van der Waals surface area contributed by atoms with Crippen molar-refractivity contribution in [3.8, 4) is 5.69 Å². The molecule has 2 aromatic heterocycles. The molecular weight excluding hydrogens is 440 g/mol. The van der Waals surface area contributed by atoms with Crippen molar-refractivity contribution in [2.24, 2.45) is 0 Å². The normalized spacial score (nSPS) is 13.6. The fraction of sp³-hybridized carbons (Fsp3) is 0.417. The number of hydrogen-bond acceptors (Lipinski definition) is 6. The highest BCUT2D eigenvalue weighted by molar-refractivity contribution is 8.01. The number of carbonyl (C=O) groups is 2. The molecule has 1 saturated carbocycles. The Kier molecular flexibility index (Phi) is 6.53. The summed E-state index contributed by atoms with van der Waals surface area (Å²) in [6.07, 6.45) is 2.02. The monoisotopic (exact) mass is 468 g/mol. The van der Waals surface area contributed by atoms with Crippen molar-refractivity contribution >= 4 is 39.9 Å². The number of aryl methyl sites for hydroxylation is 1. The van der Waals surface area contributed by atoms with Crippen LogP contribution < -0.4 is 4.90 Å². The second-order valence-electron chi connectivity index (χ2n) is 8.55. The van der Waals surface area contributed by atoms with Crippen molar-refractivity contribution in [3.63, 3.8) is 0 Å². The first-order valence-electron chi connectivity index (χ1n) is 10.8. The van der Waals surface area contributed by atoms with E-state index in [1.165, 1.54) is 28.7 Å². The van der Waals surface area contributed by atoms with Gasteiger partial charge in [-0.25, -0.2) is 0 Å². The molecule has 168 valence electrons. The third-order valence-corrected chi connectivity index (χ3v) is 7.79. The maximum Gasteiger partial charge on any atom is 0.225 e. The van der Waals surface area contributed by atoms with Crippen molar-refractivity contribution in [1.82, 2.24) is 14.8 Å². The lowest BCUT2D eigenvalue weighted by Crippen LogP contribution is -2.30. The number of Topliss-reactive ketones (excluding diaryl/α,β-unsaturated/α-hetero) is 1. The first-order valence-corrected chi connectivity index (χ1v) is 12.6. The molecule has 0 unspecified atom stereocenters. The van der Waals surface area contributed by atoms with E-state index in [-0.39, 0.29) is 23.5 Å². The van der Waals surface area contributed by atoms with E-state index < -0.39 is 0 Å². The van der Waals surface area contributed by atoms with Crippen LogP contribution in [0.5, 0.6) is 0 Å². The van der Waals surface area contributed by atoms with E-state index >= 15 is 0 Å². The first kappa shape index (κ1) is 22.7. The second kappa shape index (κ2) is 9.19. The molecule has 0 spiro atoms. The van der Waals surface area contributed by atoms with Gasteiger partial charge in [-0.05, 0) is 56.4 Å².